The first-order valence-corrected chi connectivity index (χ1v) is 6.62. The van der Waals surface area contributed by atoms with Crippen molar-refractivity contribution < 1.29 is 5.11 Å². The van der Waals surface area contributed by atoms with Gasteiger partial charge < -0.3 is 10.8 Å². The van der Waals surface area contributed by atoms with Crippen LogP contribution in [0.1, 0.15) is 5.56 Å². The Morgan fingerprint density at radius 1 is 0.905 bits per heavy atom. The Labute approximate surface area is 122 Å². The Hall–Kier alpha value is -2.88. The molecule has 4 heteroatoms. The summed E-state index contributed by atoms with van der Waals surface area (Å²) in [7, 11) is 0. The van der Waals surface area contributed by atoms with Crippen molar-refractivity contribution in [1.82, 2.24) is 9.97 Å². The molecule has 3 N–H and O–H groups in total. The van der Waals surface area contributed by atoms with Gasteiger partial charge in [0.25, 0.3) is 0 Å². The molecule has 0 aliphatic rings. The number of rotatable bonds is 2. The van der Waals surface area contributed by atoms with E-state index in [9.17, 15) is 5.11 Å². The van der Waals surface area contributed by atoms with Crippen LogP contribution in [-0.4, -0.2) is 15.1 Å². The lowest BCUT2D eigenvalue weighted by Crippen LogP contribution is -1.98. The summed E-state index contributed by atoms with van der Waals surface area (Å²) in [5, 5.41) is 9.35. The van der Waals surface area contributed by atoms with Gasteiger partial charge in [0.1, 0.15) is 17.3 Å². The molecule has 0 aliphatic heterocycles. The van der Waals surface area contributed by atoms with Crippen LogP contribution < -0.4 is 5.73 Å². The summed E-state index contributed by atoms with van der Waals surface area (Å²) in [6.45, 7) is 2.03. The molecular formula is C17H15N3O. The van der Waals surface area contributed by atoms with Crippen LogP contribution in [0.15, 0.2) is 54.7 Å². The molecule has 0 saturated carbocycles. The molecule has 0 aliphatic carbocycles. The molecule has 3 aromatic rings. The third kappa shape index (κ3) is 2.69. The second kappa shape index (κ2) is 5.25. The Morgan fingerprint density at radius 3 is 2.19 bits per heavy atom. The first-order valence-electron chi connectivity index (χ1n) is 6.62. The minimum Gasteiger partial charge on any atom is -0.508 e. The highest BCUT2D eigenvalue weighted by Gasteiger charge is 2.09. The monoisotopic (exact) mass is 277 g/mol. The number of benzene rings is 2. The molecule has 4 nitrogen and oxygen atoms in total. The quantitative estimate of drug-likeness (QED) is 0.753. The predicted octanol–water partition coefficient (Wildman–Crippen LogP) is 3.41. The molecule has 0 radical (unpaired) electrons. The molecule has 0 unspecified atom stereocenters. The maximum Gasteiger partial charge on any atom is 0.150 e. The van der Waals surface area contributed by atoms with Gasteiger partial charge in [0.05, 0.1) is 11.9 Å². The lowest BCUT2D eigenvalue weighted by Gasteiger charge is -2.08. The zero-order valence-electron chi connectivity index (χ0n) is 11.6. The number of nitrogens with zero attached hydrogens (tertiary/aromatic N) is 2. The third-order valence-electron chi connectivity index (χ3n) is 3.29. The zero-order valence-corrected chi connectivity index (χ0v) is 11.6. The molecule has 0 amide bonds. The largest absolute Gasteiger partial charge is 0.508 e. The summed E-state index contributed by atoms with van der Waals surface area (Å²) in [6.07, 6.45) is 1.64. The number of hydrogen-bond acceptors (Lipinski definition) is 4. The average molecular weight is 277 g/mol. The summed E-state index contributed by atoms with van der Waals surface area (Å²) >= 11 is 0. The number of aryl methyl sites for hydroxylation is 1. The number of phenols is 1. The fraction of sp³-hybridized carbons (Fsp3) is 0.0588. The van der Waals surface area contributed by atoms with E-state index in [2.05, 4.69) is 9.97 Å². The second-order valence-corrected chi connectivity index (χ2v) is 4.90. The number of nitrogen functional groups attached to an aromatic ring is 1. The summed E-state index contributed by atoms with van der Waals surface area (Å²) in [4.78, 5) is 8.83. The average Bonchev–Trinajstić information content (AvgIpc) is 2.50. The molecule has 0 fully saturated rings. The van der Waals surface area contributed by atoms with Crippen molar-refractivity contribution in [2.24, 2.45) is 0 Å². The SMILES string of the molecule is Cc1ccc(-c2nc(-c3ccc(O)cc3)cnc2N)cc1. The Kier molecular flexibility index (Phi) is 3.28. The minimum atomic E-state index is 0.223. The zero-order chi connectivity index (χ0) is 14.8. The van der Waals surface area contributed by atoms with Crippen LogP contribution in [0.25, 0.3) is 22.5 Å². The van der Waals surface area contributed by atoms with E-state index in [1.807, 2.05) is 31.2 Å². The maximum absolute atomic E-state index is 9.35. The third-order valence-corrected chi connectivity index (χ3v) is 3.29. The second-order valence-electron chi connectivity index (χ2n) is 4.90. The molecular weight excluding hydrogens is 262 g/mol. The molecule has 1 heterocycles. The van der Waals surface area contributed by atoms with E-state index in [1.54, 1.807) is 30.5 Å². The van der Waals surface area contributed by atoms with Gasteiger partial charge in [-0.25, -0.2) is 9.97 Å². The van der Waals surface area contributed by atoms with Crippen LogP contribution in [0.3, 0.4) is 0 Å². The molecule has 1 aromatic heterocycles. The van der Waals surface area contributed by atoms with Crippen molar-refractivity contribution in [1.29, 1.82) is 0 Å². The number of phenolic OH excluding ortho intramolecular Hbond substituents is 1. The first kappa shape index (κ1) is 13.1. The van der Waals surface area contributed by atoms with Crippen LogP contribution in [-0.2, 0) is 0 Å². The van der Waals surface area contributed by atoms with Crippen LogP contribution >= 0.6 is 0 Å². The molecule has 0 spiro atoms. The molecule has 104 valence electrons. The van der Waals surface area contributed by atoms with Gasteiger partial charge in [0.15, 0.2) is 0 Å². The van der Waals surface area contributed by atoms with E-state index in [0.717, 1.165) is 16.8 Å². The van der Waals surface area contributed by atoms with Crippen molar-refractivity contribution in [3.63, 3.8) is 0 Å². The highest BCUT2D eigenvalue weighted by Crippen LogP contribution is 2.26. The summed E-state index contributed by atoms with van der Waals surface area (Å²) in [6, 6.07) is 14.8. The highest BCUT2D eigenvalue weighted by molar-refractivity contribution is 5.73. The normalized spacial score (nSPS) is 10.5. The van der Waals surface area contributed by atoms with Gasteiger partial charge >= 0.3 is 0 Å². The Balaban J connectivity index is 2.07. The lowest BCUT2D eigenvalue weighted by atomic mass is 10.1. The van der Waals surface area contributed by atoms with Crippen LogP contribution in [0.4, 0.5) is 5.82 Å². The van der Waals surface area contributed by atoms with Gasteiger partial charge in [-0.15, -0.1) is 0 Å². The van der Waals surface area contributed by atoms with Crippen LogP contribution in [0.5, 0.6) is 5.75 Å². The van der Waals surface area contributed by atoms with Gasteiger partial charge in [-0.1, -0.05) is 29.8 Å². The van der Waals surface area contributed by atoms with E-state index in [4.69, 9.17) is 5.73 Å². The first-order chi connectivity index (χ1) is 10.1. The van der Waals surface area contributed by atoms with Crippen molar-refractivity contribution in [3.05, 3.63) is 60.3 Å². The van der Waals surface area contributed by atoms with E-state index >= 15 is 0 Å². The van der Waals surface area contributed by atoms with E-state index in [0.29, 0.717) is 11.5 Å². The number of anilines is 1. The Bertz CT molecular complexity index is 765. The van der Waals surface area contributed by atoms with E-state index < -0.39 is 0 Å². The smallest absolute Gasteiger partial charge is 0.150 e. The summed E-state index contributed by atoms with van der Waals surface area (Å²) in [5.74, 6) is 0.627. The van der Waals surface area contributed by atoms with Crippen molar-refractivity contribution in [2.75, 3.05) is 5.73 Å². The fourth-order valence-corrected chi connectivity index (χ4v) is 2.09. The van der Waals surface area contributed by atoms with Gasteiger partial charge in [-0.05, 0) is 31.2 Å². The van der Waals surface area contributed by atoms with Crippen LogP contribution in [0.2, 0.25) is 0 Å². The molecule has 0 atom stereocenters. The summed E-state index contributed by atoms with van der Waals surface area (Å²) in [5.41, 5.74) is 10.3. The lowest BCUT2D eigenvalue weighted by molar-refractivity contribution is 0.475. The van der Waals surface area contributed by atoms with Gasteiger partial charge in [0, 0.05) is 11.1 Å². The number of hydrogen-bond donors (Lipinski definition) is 2. The van der Waals surface area contributed by atoms with Crippen molar-refractivity contribution >= 4 is 5.82 Å². The molecule has 3 rings (SSSR count). The minimum absolute atomic E-state index is 0.223. The predicted molar refractivity (Wildman–Crippen MR) is 83.7 cm³/mol. The molecule has 0 bridgehead atoms. The number of aromatic nitrogens is 2. The van der Waals surface area contributed by atoms with Gasteiger partial charge in [-0.3, -0.25) is 0 Å². The maximum atomic E-state index is 9.35. The van der Waals surface area contributed by atoms with Crippen molar-refractivity contribution in [3.8, 4) is 28.3 Å². The fourth-order valence-electron chi connectivity index (χ4n) is 2.09. The molecule has 21 heavy (non-hydrogen) atoms. The standard InChI is InChI=1S/C17H15N3O/c1-11-2-4-13(5-3-11)16-17(18)19-10-15(20-16)12-6-8-14(21)9-7-12/h2-10,21H,1H3,(H2,18,19). The topological polar surface area (TPSA) is 72.0 Å². The number of nitrogens with two attached hydrogens (primary N) is 1. The molecule has 2 aromatic carbocycles. The van der Waals surface area contributed by atoms with E-state index in [-0.39, 0.29) is 5.75 Å². The molecule has 0 saturated heterocycles. The number of aromatic hydroxyl groups is 1. The highest BCUT2D eigenvalue weighted by atomic mass is 16.3. The van der Waals surface area contributed by atoms with Gasteiger partial charge in [0.2, 0.25) is 0 Å². The van der Waals surface area contributed by atoms with Gasteiger partial charge in [-0.2, -0.15) is 0 Å². The van der Waals surface area contributed by atoms with Crippen LogP contribution in [0, 0.1) is 6.92 Å². The summed E-state index contributed by atoms with van der Waals surface area (Å²) < 4.78 is 0. The van der Waals surface area contributed by atoms with E-state index in [1.165, 1.54) is 5.56 Å². The Morgan fingerprint density at radius 2 is 1.52 bits per heavy atom. The van der Waals surface area contributed by atoms with Crippen molar-refractivity contribution in [2.45, 2.75) is 6.92 Å².